The molecule has 0 radical (unpaired) electrons. The molecule has 0 bridgehead atoms. The lowest BCUT2D eigenvalue weighted by Gasteiger charge is -2.20. The minimum atomic E-state index is -0.611. The Morgan fingerprint density at radius 1 is 1.00 bits per heavy atom. The molecule has 0 saturated heterocycles. The van der Waals surface area contributed by atoms with Gasteiger partial charge in [-0.3, -0.25) is 4.79 Å². The van der Waals surface area contributed by atoms with Gasteiger partial charge in [-0.25, -0.2) is 0 Å². The lowest BCUT2D eigenvalue weighted by atomic mass is 9.94. The molecule has 0 atom stereocenters. The highest BCUT2D eigenvalue weighted by Crippen LogP contribution is 2.42. The van der Waals surface area contributed by atoms with Gasteiger partial charge in [0, 0.05) is 29.7 Å². The first-order valence-corrected chi connectivity index (χ1v) is 10.0. The number of phenols is 1. The number of amides is 1. The number of phenolic OH excluding ortho intramolecular Hbond substituents is 1. The number of hydrogen-bond acceptors (Lipinski definition) is 6. The van der Waals surface area contributed by atoms with E-state index in [1.54, 1.807) is 12.1 Å². The molecule has 5 N–H and O–H groups in total. The van der Waals surface area contributed by atoms with Crippen LogP contribution in [0, 0.1) is 0 Å². The van der Waals surface area contributed by atoms with Crippen molar-refractivity contribution in [3.05, 3.63) is 59.7 Å². The Kier molecular flexibility index (Phi) is 6.64. The van der Waals surface area contributed by atoms with Crippen LogP contribution in [0.15, 0.2) is 58.8 Å². The summed E-state index contributed by atoms with van der Waals surface area (Å²) in [5.41, 5.74) is 14.1. The van der Waals surface area contributed by atoms with Gasteiger partial charge in [0.1, 0.15) is 11.4 Å². The van der Waals surface area contributed by atoms with E-state index < -0.39 is 5.91 Å². The summed E-state index contributed by atoms with van der Waals surface area (Å²) in [6.45, 7) is 6.33. The van der Waals surface area contributed by atoms with Gasteiger partial charge in [-0.05, 0) is 56.5 Å². The highest BCUT2D eigenvalue weighted by molar-refractivity contribution is 6.12. The van der Waals surface area contributed by atoms with Crippen molar-refractivity contribution in [3.63, 3.8) is 0 Å². The number of carbonyl (C=O) groups is 1. The number of nitrogens with two attached hydrogens (primary N) is 2. The number of primary amides is 1. The molecular weight excluding hydrogens is 378 g/mol. The van der Waals surface area contributed by atoms with Crippen LogP contribution in [0.1, 0.15) is 29.8 Å². The highest BCUT2D eigenvalue weighted by atomic mass is 16.3. The summed E-state index contributed by atoms with van der Waals surface area (Å²) in [7, 11) is 0. The van der Waals surface area contributed by atoms with Gasteiger partial charge in [-0.2, -0.15) is 5.11 Å². The maximum absolute atomic E-state index is 12.1. The van der Waals surface area contributed by atoms with Gasteiger partial charge >= 0.3 is 0 Å². The van der Waals surface area contributed by atoms with Crippen LogP contribution in [0.3, 0.4) is 0 Å². The van der Waals surface area contributed by atoms with E-state index in [2.05, 4.69) is 29.0 Å². The second kappa shape index (κ2) is 9.37. The molecule has 0 aliphatic carbocycles. The summed E-state index contributed by atoms with van der Waals surface area (Å²) in [5.74, 6) is -0.725. The summed E-state index contributed by atoms with van der Waals surface area (Å²) in [5, 5.41) is 20.8. The number of azo groups is 1. The predicted octanol–water partition coefficient (Wildman–Crippen LogP) is 4.41. The first-order valence-electron chi connectivity index (χ1n) is 10.0. The Labute approximate surface area is 176 Å². The van der Waals surface area contributed by atoms with Crippen molar-refractivity contribution in [2.24, 2.45) is 21.7 Å². The van der Waals surface area contributed by atoms with E-state index >= 15 is 0 Å². The maximum Gasteiger partial charge on any atom is 0.249 e. The fourth-order valence-corrected chi connectivity index (χ4v) is 3.66. The summed E-state index contributed by atoms with van der Waals surface area (Å²) >= 11 is 0. The Morgan fingerprint density at radius 3 is 2.20 bits per heavy atom. The van der Waals surface area contributed by atoms with Gasteiger partial charge in [0.25, 0.3) is 0 Å². The first kappa shape index (κ1) is 21.3. The quantitative estimate of drug-likeness (QED) is 0.481. The first-order chi connectivity index (χ1) is 14.5. The molecule has 7 nitrogen and oxygen atoms in total. The molecule has 0 aromatic heterocycles. The van der Waals surface area contributed by atoms with Gasteiger partial charge in [0.15, 0.2) is 0 Å². The van der Waals surface area contributed by atoms with E-state index in [1.807, 2.05) is 36.4 Å². The van der Waals surface area contributed by atoms with E-state index in [-0.39, 0.29) is 17.9 Å². The Hall–Kier alpha value is -3.45. The molecule has 1 amide bonds. The SMILES string of the molecule is CCN(CC)c1ccc(N=Nc2c(O)c(CCN)c(C(N)=O)c3ccccc23)cc1. The van der Waals surface area contributed by atoms with Crippen molar-refractivity contribution in [2.45, 2.75) is 20.3 Å². The molecule has 0 unspecified atom stereocenters. The van der Waals surface area contributed by atoms with Crippen molar-refractivity contribution in [1.29, 1.82) is 0 Å². The Morgan fingerprint density at radius 2 is 1.63 bits per heavy atom. The third kappa shape index (κ3) is 4.11. The zero-order valence-corrected chi connectivity index (χ0v) is 17.3. The smallest absolute Gasteiger partial charge is 0.249 e. The summed E-state index contributed by atoms with van der Waals surface area (Å²) in [4.78, 5) is 14.3. The largest absolute Gasteiger partial charge is 0.505 e. The summed E-state index contributed by atoms with van der Waals surface area (Å²) < 4.78 is 0. The van der Waals surface area contributed by atoms with Crippen LogP contribution in [0.5, 0.6) is 5.75 Å². The molecule has 0 aliphatic rings. The Bertz CT molecular complexity index is 1070. The fourth-order valence-electron chi connectivity index (χ4n) is 3.66. The topological polar surface area (TPSA) is 117 Å². The van der Waals surface area contributed by atoms with E-state index in [1.165, 1.54) is 0 Å². The third-order valence-electron chi connectivity index (χ3n) is 5.15. The van der Waals surface area contributed by atoms with Crippen molar-refractivity contribution >= 4 is 33.7 Å². The van der Waals surface area contributed by atoms with Gasteiger partial charge in [0.05, 0.1) is 11.3 Å². The molecule has 156 valence electrons. The van der Waals surface area contributed by atoms with E-state index in [9.17, 15) is 9.90 Å². The predicted molar refractivity (Wildman–Crippen MR) is 121 cm³/mol. The number of carbonyl (C=O) groups excluding carboxylic acids is 1. The van der Waals surface area contributed by atoms with E-state index in [0.717, 1.165) is 18.8 Å². The zero-order chi connectivity index (χ0) is 21.7. The minimum Gasteiger partial charge on any atom is -0.505 e. The number of rotatable bonds is 8. The lowest BCUT2D eigenvalue weighted by Crippen LogP contribution is -2.21. The monoisotopic (exact) mass is 405 g/mol. The second-order valence-electron chi connectivity index (χ2n) is 6.89. The zero-order valence-electron chi connectivity index (χ0n) is 17.3. The number of anilines is 1. The average Bonchev–Trinajstić information content (AvgIpc) is 2.75. The molecule has 3 aromatic carbocycles. The number of hydrogen-bond donors (Lipinski definition) is 3. The summed E-state index contributed by atoms with van der Waals surface area (Å²) in [6, 6.07) is 14.9. The Balaban J connectivity index is 2.09. The minimum absolute atomic E-state index is 0.114. The fraction of sp³-hybridized carbons (Fsp3) is 0.261. The standard InChI is InChI=1S/C23H27N5O2/c1-3-28(4-2)16-11-9-15(10-12-16)26-27-21-18-8-6-5-7-17(18)20(23(25)30)19(13-14-24)22(21)29/h5-12,29H,3-4,13-14,24H2,1-2H3,(H2,25,30). The van der Waals surface area contributed by atoms with Crippen LogP contribution < -0.4 is 16.4 Å². The lowest BCUT2D eigenvalue weighted by molar-refractivity contribution is 0.100. The molecule has 0 aliphatic heterocycles. The van der Waals surface area contributed by atoms with Crippen molar-refractivity contribution in [2.75, 3.05) is 24.5 Å². The van der Waals surface area contributed by atoms with Crippen molar-refractivity contribution in [1.82, 2.24) is 0 Å². The van der Waals surface area contributed by atoms with E-state index in [4.69, 9.17) is 11.5 Å². The highest BCUT2D eigenvalue weighted by Gasteiger charge is 2.21. The molecule has 0 saturated carbocycles. The van der Waals surface area contributed by atoms with Crippen LogP contribution in [-0.4, -0.2) is 30.6 Å². The third-order valence-corrected chi connectivity index (χ3v) is 5.15. The van der Waals surface area contributed by atoms with Gasteiger partial charge < -0.3 is 21.5 Å². The molecular formula is C23H27N5O2. The molecule has 0 fully saturated rings. The van der Waals surface area contributed by atoms with E-state index in [0.29, 0.717) is 34.1 Å². The number of nitrogens with zero attached hydrogens (tertiary/aromatic N) is 3. The average molecular weight is 406 g/mol. The van der Waals surface area contributed by atoms with Crippen LogP contribution in [0.4, 0.5) is 17.1 Å². The normalized spacial score (nSPS) is 11.3. The molecule has 30 heavy (non-hydrogen) atoms. The van der Waals surface area contributed by atoms with Crippen LogP contribution >= 0.6 is 0 Å². The summed E-state index contributed by atoms with van der Waals surface area (Å²) in [6.07, 6.45) is 0.302. The molecule has 7 heteroatoms. The second-order valence-corrected chi connectivity index (χ2v) is 6.89. The number of fused-ring (bicyclic) bond motifs is 1. The van der Waals surface area contributed by atoms with Crippen LogP contribution in [0.2, 0.25) is 0 Å². The maximum atomic E-state index is 12.1. The number of aromatic hydroxyl groups is 1. The molecule has 0 heterocycles. The van der Waals surface area contributed by atoms with Crippen LogP contribution in [0.25, 0.3) is 10.8 Å². The van der Waals surface area contributed by atoms with Gasteiger partial charge in [-0.15, -0.1) is 5.11 Å². The van der Waals surface area contributed by atoms with Gasteiger partial charge in [0.2, 0.25) is 5.91 Å². The van der Waals surface area contributed by atoms with Crippen LogP contribution in [-0.2, 0) is 6.42 Å². The number of benzene rings is 3. The van der Waals surface area contributed by atoms with Gasteiger partial charge in [-0.1, -0.05) is 24.3 Å². The molecule has 3 aromatic rings. The van der Waals surface area contributed by atoms with Crippen molar-refractivity contribution in [3.8, 4) is 5.75 Å². The molecule has 3 rings (SSSR count). The molecule has 0 spiro atoms. The van der Waals surface area contributed by atoms with Crippen molar-refractivity contribution < 1.29 is 9.90 Å².